The standard InChI is InChI=1S/C11H21N3O2S/c12-10(13)11(7-3-4-8-11)14-17(15,16)9-5-1-2-6-9/h9,14H,1-8H2,(H3,12,13). The molecule has 0 atom stereocenters. The van der Waals surface area contributed by atoms with Gasteiger partial charge in [0.1, 0.15) is 5.84 Å². The van der Waals surface area contributed by atoms with Crippen LogP contribution in [0.4, 0.5) is 0 Å². The summed E-state index contributed by atoms with van der Waals surface area (Å²) in [7, 11) is -3.32. The van der Waals surface area contributed by atoms with Gasteiger partial charge in [-0.2, -0.15) is 0 Å². The molecule has 98 valence electrons. The van der Waals surface area contributed by atoms with Crippen molar-refractivity contribution in [2.45, 2.75) is 62.2 Å². The summed E-state index contributed by atoms with van der Waals surface area (Å²) in [4.78, 5) is 0. The fourth-order valence-corrected chi connectivity index (χ4v) is 4.94. The van der Waals surface area contributed by atoms with Crippen molar-refractivity contribution in [1.29, 1.82) is 5.41 Å². The Morgan fingerprint density at radius 1 is 1.18 bits per heavy atom. The topological polar surface area (TPSA) is 96.0 Å². The molecule has 0 spiro atoms. The summed E-state index contributed by atoms with van der Waals surface area (Å²) in [6.45, 7) is 0. The molecule has 5 nitrogen and oxygen atoms in total. The summed E-state index contributed by atoms with van der Waals surface area (Å²) in [6.07, 6.45) is 6.64. The predicted molar refractivity (Wildman–Crippen MR) is 67.4 cm³/mol. The summed E-state index contributed by atoms with van der Waals surface area (Å²) in [5.41, 5.74) is 4.80. The zero-order valence-corrected chi connectivity index (χ0v) is 10.9. The van der Waals surface area contributed by atoms with Gasteiger partial charge in [0.2, 0.25) is 10.0 Å². The van der Waals surface area contributed by atoms with Gasteiger partial charge in [-0.05, 0) is 25.7 Å². The second-order valence-corrected chi connectivity index (χ2v) is 7.22. The van der Waals surface area contributed by atoms with E-state index in [9.17, 15) is 8.42 Å². The zero-order valence-electron chi connectivity index (χ0n) is 10.0. The van der Waals surface area contributed by atoms with Gasteiger partial charge in [-0.3, -0.25) is 5.41 Å². The van der Waals surface area contributed by atoms with Crippen molar-refractivity contribution in [1.82, 2.24) is 4.72 Å². The van der Waals surface area contributed by atoms with Gasteiger partial charge in [0.25, 0.3) is 0 Å². The zero-order chi connectivity index (χ0) is 12.5. The molecule has 0 bridgehead atoms. The second-order valence-electron chi connectivity index (χ2n) is 5.26. The van der Waals surface area contributed by atoms with Gasteiger partial charge in [-0.15, -0.1) is 0 Å². The molecule has 0 aromatic carbocycles. The molecule has 2 rings (SSSR count). The molecule has 0 aromatic rings. The minimum Gasteiger partial charge on any atom is -0.386 e. The minimum atomic E-state index is -3.32. The number of rotatable bonds is 4. The van der Waals surface area contributed by atoms with E-state index in [1.54, 1.807) is 0 Å². The average molecular weight is 259 g/mol. The number of sulfonamides is 1. The van der Waals surface area contributed by atoms with Gasteiger partial charge in [-0.25, -0.2) is 13.1 Å². The number of hydrogen-bond acceptors (Lipinski definition) is 3. The Morgan fingerprint density at radius 2 is 1.71 bits per heavy atom. The van der Waals surface area contributed by atoms with E-state index in [0.717, 1.165) is 38.5 Å². The summed E-state index contributed by atoms with van der Waals surface area (Å²) in [5, 5.41) is 7.36. The molecule has 0 aliphatic heterocycles. The third kappa shape index (κ3) is 2.47. The van der Waals surface area contributed by atoms with Gasteiger partial charge in [0, 0.05) is 0 Å². The van der Waals surface area contributed by atoms with Gasteiger partial charge in [0.05, 0.1) is 10.8 Å². The quantitative estimate of drug-likeness (QED) is 0.521. The van der Waals surface area contributed by atoms with Gasteiger partial charge >= 0.3 is 0 Å². The Labute approximate surface area is 103 Å². The summed E-state index contributed by atoms with van der Waals surface area (Å²) in [5.74, 6) is -0.0310. The minimum absolute atomic E-state index is 0.0310. The average Bonchev–Trinajstić information content (AvgIpc) is 2.86. The molecule has 0 unspecified atom stereocenters. The smallest absolute Gasteiger partial charge is 0.215 e. The lowest BCUT2D eigenvalue weighted by atomic mass is 9.98. The highest BCUT2D eigenvalue weighted by Crippen LogP contribution is 2.32. The van der Waals surface area contributed by atoms with Crippen LogP contribution >= 0.6 is 0 Å². The lowest BCUT2D eigenvalue weighted by molar-refractivity contribution is 0.488. The third-order valence-electron chi connectivity index (χ3n) is 4.05. The monoisotopic (exact) mass is 259 g/mol. The van der Waals surface area contributed by atoms with Gasteiger partial charge in [-0.1, -0.05) is 25.7 Å². The highest BCUT2D eigenvalue weighted by Gasteiger charge is 2.42. The molecule has 0 aromatic heterocycles. The van der Waals surface area contributed by atoms with Crippen LogP contribution in [0.5, 0.6) is 0 Å². The third-order valence-corrected chi connectivity index (χ3v) is 6.08. The number of nitrogens with two attached hydrogens (primary N) is 1. The SMILES string of the molecule is N=C(N)C1(NS(=O)(=O)C2CCCC2)CCCC1. The largest absolute Gasteiger partial charge is 0.386 e. The van der Waals surface area contributed by atoms with Crippen LogP contribution in [0, 0.1) is 5.41 Å². The first-order chi connectivity index (χ1) is 7.96. The van der Waals surface area contributed by atoms with Crippen molar-refractivity contribution < 1.29 is 8.42 Å². The molecular weight excluding hydrogens is 238 g/mol. The maximum absolute atomic E-state index is 12.2. The molecule has 2 aliphatic rings. The highest BCUT2D eigenvalue weighted by atomic mass is 32.2. The number of amidine groups is 1. The first kappa shape index (κ1) is 12.8. The normalized spacial score (nSPS) is 25.2. The molecule has 0 saturated heterocycles. The Bertz CT molecular complexity index is 393. The molecule has 0 heterocycles. The van der Waals surface area contributed by atoms with Gasteiger partial charge < -0.3 is 5.73 Å². The molecular formula is C11H21N3O2S. The first-order valence-corrected chi connectivity index (χ1v) is 7.88. The maximum atomic E-state index is 12.2. The van der Waals surface area contributed by atoms with Crippen molar-refractivity contribution in [2.24, 2.45) is 5.73 Å². The van der Waals surface area contributed by atoms with E-state index in [1.165, 1.54) is 0 Å². The van der Waals surface area contributed by atoms with Crippen LogP contribution in [0.1, 0.15) is 51.4 Å². The predicted octanol–water partition coefficient (Wildman–Crippen LogP) is 1.10. The summed E-state index contributed by atoms with van der Waals surface area (Å²) in [6, 6.07) is 0. The molecule has 0 amide bonds. The van der Waals surface area contributed by atoms with Crippen molar-refractivity contribution in [3.8, 4) is 0 Å². The molecule has 0 radical (unpaired) electrons. The van der Waals surface area contributed by atoms with E-state index < -0.39 is 15.6 Å². The first-order valence-electron chi connectivity index (χ1n) is 6.34. The molecule has 2 fully saturated rings. The Kier molecular flexibility index (Phi) is 3.45. The molecule has 2 aliphatic carbocycles. The molecule has 6 heteroatoms. The fourth-order valence-electron chi connectivity index (χ4n) is 2.96. The van der Waals surface area contributed by atoms with E-state index >= 15 is 0 Å². The lowest BCUT2D eigenvalue weighted by Crippen LogP contribution is -2.56. The fraction of sp³-hybridized carbons (Fsp3) is 0.909. The van der Waals surface area contributed by atoms with Crippen LogP contribution in [0.25, 0.3) is 0 Å². The number of hydrogen-bond donors (Lipinski definition) is 3. The second kappa shape index (κ2) is 4.57. The Balaban J connectivity index is 2.15. The summed E-state index contributed by atoms with van der Waals surface area (Å²) < 4.78 is 27.2. The van der Waals surface area contributed by atoms with Crippen LogP contribution < -0.4 is 10.5 Å². The Hall–Kier alpha value is -0.620. The summed E-state index contributed by atoms with van der Waals surface area (Å²) >= 11 is 0. The van der Waals surface area contributed by atoms with E-state index in [2.05, 4.69) is 4.72 Å². The van der Waals surface area contributed by atoms with Crippen LogP contribution in [0.15, 0.2) is 0 Å². The van der Waals surface area contributed by atoms with Crippen molar-refractivity contribution in [2.75, 3.05) is 0 Å². The Morgan fingerprint density at radius 3 is 2.18 bits per heavy atom. The van der Waals surface area contributed by atoms with Crippen molar-refractivity contribution in [3.05, 3.63) is 0 Å². The van der Waals surface area contributed by atoms with Crippen LogP contribution in [0.2, 0.25) is 0 Å². The van der Waals surface area contributed by atoms with Crippen LogP contribution in [-0.2, 0) is 10.0 Å². The molecule has 4 N–H and O–H groups in total. The van der Waals surface area contributed by atoms with Crippen molar-refractivity contribution in [3.63, 3.8) is 0 Å². The van der Waals surface area contributed by atoms with Crippen LogP contribution in [-0.4, -0.2) is 25.0 Å². The van der Waals surface area contributed by atoms with Gasteiger partial charge in [0.15, 0.2) is 0 Å². The highest BCUT2D eigenvalue weighted by molar-refractivity contribution is 7.90. The molecule has 2 saturated carbocycles. The molecule has 17 heavy (non-hydrogen) atoms. The van der Waals surface area contributed by atoms with E-state index in [4.69, 9.17) is 11.1 Å². The number of nitrogens with one attached hydrogen (secondary N) is 2. The maximum Gasteiger partial charge on any atom is 0.215 e. The van der Waals surface area contributed by atoms with Crippen molar-refractivity contribution >= 4 is 15.9 Å². The van der Waals surface area contributed by atoms with Crippen LogP contribution in [0.3, 0.4) is 0 Å². The van der Waals surface area contributed by atoms with E-state index in [-0.39, 0.29) is 11.1 Å². The van der Waals surface area contributed by atoms with E-state index in [0.29, 0.717) is 12.8 Å². The van der Waals surface area contributed by atoms with E-state index in [1.807, 2.05) is 0 Å². The lowest BCUT2D eigenvalue weighted by Gasteiger charge is -2.30.